The monoisotopic (exact) mass is 575 g/mol. The fourth-order valence-electron chi connectivity index (χ4n) is 7.20. The summed E-state index contributed by atoms with van der Waals surface area (Å²) in [6.45, 7) is 7.18. The first kappa shape index (κ1) is 26.7. The first-order valence-electron chi connectivity index (χ1n) is 15.1. The Labute approximate surface area is 252 Å². The molecule has 0 spiro atoms. The van der Waals surface area contributed by atoms with Crippen LogP contribution in [0.2, 0.25) is 13.1 Å². The predicted octanol–water partition coefficient (Wildman–Crippen LogP) is 6.67. The van der Waals surface area contributed by atoms with Gasteiger partial charge in [-0.05, 0) is 67.8 Å². The van der Waals surface area contributed by atoms with E-state index in [9.17, 15) is 0 Å². The van der Waals surface area contributed by atoms with Crippen LogP contribution in [0.25, 0.3) is 11.1 Å². The Morgan fingerprint density at radius 2 is 1.50 bits per heavy atom. The van der Waals surface area contributed by atoms with Gasteiger partial charge in [0.05, 0.1) is 6.04 Å². The maximum Gasteiger partial charge on any atom is 0.180 e. The molecule has 42 heavy (non-hydrogen) atoms. The van der Waals surface area contributed by atoms with E-state index in [0.717, 1.165) is 6.42 Å². The molecule has 7 rings (SSSR count). The maximum atomic E-state index is 3.83. The molecule has 206 valence electrons. The summed E-state index contributed by atoms with van der Waals surface area (Å²) in [6.07, 6.45) is 19.6. The molecule has 0 amide bonds. The molecule has 2 heterocycles. The van der Waals surface area contributed by atoms with Gasteiger partial charge in [0, 0.05) is 0 Å². The van der Waals surface area contributed by atoms with Crippen molar-refractivity contribution in [3.8, 4) is 11.1 Å². The molecule has 0 aromatic heterocycles. The number of nitrogens with one attached hydrogen (secondary N) is 1. The highest BCUT2D eigenvalue weighted by atomic mass is 28.3. The fraction of sp³-hybridized carbons (Fsp3) is 0.128. The van der Waals surface area contributed by atoms with Gasteiger partial charge in [-0.1, -0.05) is 158 Å². The van der Waals surface area contributed by atoms with Crippen molar-refractivity contribution < 1.29 is 0 Å². The summed E-state index contributed by atoms with van der Waals surface area (Å²) in [5, 5.41) is 12.7. The number of aryl methyl sites for hydroxylation is 1. The zero-order chi connectivity index (χ0) is 28.7. The minimum atomic E-state index is -2.51. The molecule has 3 heteroatoms. The second-order valence-electron chi connectivity index (χ2n) is 12.2. The lowest BCUT2D eigenvalue weighted by molar-refractivity contribution is 0.739. The lowest BCUT2D eigenvalue weighted by atomic mass is 9.95. The molecule has 4 aromatic carbocycles. The van der Waals surface area contributed by atoms with Gasteiger partial charge in [0.15, 0.2) is 8.07 Å². The molecular formula is C39H37NSi2. The van der Waals surface area contributed by atoms with E-state index in [-0.39, 0.29) is 6.04 Å². The van der Waals surface area contributed by atoms with Crippen molar-refractivity contribution in [3.63, 3.8) is 0 Å². The van der Waals surface area contributed by atoms with Gasteiger partial charge in [-0.25, -0.2) is 0 Å². The van der Waals surface area contributed by atoms with Gasteiger partial charge in [0.1, 0.15) is 8.07 Å². The van der Waals surface area contributed by atoms with E-state index in [0.29, 0.717) is 0 Å². The van der Waals surface area contributed by atoms with Crippen LogP contribution in [0, 0.1) is 6.92 Å². The average molecular weight is 576 g/mol. The van der Waals surface area contributed by atoms with Gasteiger partial charge in [-0.15, -0.1) is 0 Å². The van der Waals surface area contributed by atoms with Crippen molar-refractivity contribution in [3.05, 3.63) is 167 Å². The Morgan fingerprint density at radius 1 is 0.762 bits per heavy atom. The van der Waals surface area contributed by atoms with Crippen molar-refractivity contribution in [2.45, 2.75) is 32.5 Å². The molecular weight excluding hydrogens is 539 g/mol. The summed E-state index contributed by atoms with van der Waals surface area (Å²) in [4.78, 5) is 0. The van der Waals surface area contributed by atoms with Gasteiger partial charge in [-0.2, -0.15) is 0 Å². The Bertz CT molecular complexity index is 1810. The minimum Gasteiger partial charge on any atom is -0.381 e. The van der Waals surface area contributed by atoms with Crippen LogP contribution in [0.15, 0.2) is 156 Å². The third-order valence-electron chi connectivity index (χ3n) is 9.51. The van der Waals surface area contributed by atoms with Crippen LogP contribution < -0.4 is 26.1 Å². The highest BCUT2D eigenvalue weighted by Gasteiger charge is 2.49. The van der Waals surface area contributed by atoms with Crippen molar-refractivity contribution in [2.24, 2.45) is 0 Å². The summed E-state index contributed by atoms with van der Waals surface area (Å²) in [6, 6.07) is 36.7. The van der Waals surface area contributed by atoms with Gasteiger partial charge < -0.3 is 5.32 Å². The van der Waals surface area contributed by atoms with Crippen LogP contribution in [0.4, 0.5) is 0 Å². The molecule has 1 N–H and O–H groups in total. The van der Waals surface area contributed by atoms with Crippen LogP contribution in [0.1, 0.15) is 23.6 Å². The Hall–Kier alpha value is -4.19. The highest BCUT2D eigenvalue weighted by Crippen LogP contribution is 2.36. The zero-order valence-corrected chi connectivity index (χ0v) is 26.6. The van der Waals surface area contributed by atoms with E-state index in [2.05, 4.69) is 171 Å². The SMILES string of the molecule is Cc1cc2c(cc1C1C=CC([Si](C)(C)c3ccccc3)=CN1)[Si](C1=CCC=CC=C1)(c1ccccc1)c1ccccc1-2. The van der Waals surface area contributed by atoms with Gasteiger partial charge in [-0.3, -0.25) is 0 Å². The van der Waals surface area contributed by atoms with Crippen LogP contribution in [0.3, 0.4) is 0 Å². The first-order valence-corrected chi connectivity index (χ1v) is 20.1. The summed E-state index contributed by atoms with van der Waals surface area (Å²) < 4.78 is 0. The van der Waals surface area contributed by atoms with Gasteiger partial charge >= 0.3 is 0 Å². The van der Waals surface area contributed by atoms with E-state index < -0.39 is 16.1 Å². The molecule has 0 bridgehead atoms. The summed E-state index contributed by atoms with van der Waals surface area (Å²) in [7, 11) is -4.29. The third kappa shape index (κ3) is 4.19. The topological polar surface area (TPSA) is 12.0 Å². The van der Waals surface area contributed by atoms with Crippen LogP contribution in [0.5, 0.6) is 0 Å². The van der Waals surface area contributed by atoms with E-state index in [4.69, 9.17) is 0 Å². The largest absolute Gasteiger partial charge is 0.381 e. The number of benzene rings is 4. The summed E-state index contributed by atoms with van der Waals surface area (Å²) in [5.41, 5.74) is 5.51. The van der Waals surface area contributed by atoms with Crippen molar-refractivity contribution in [2.75, 3.05) is 0 Å². The van der Waals surface area contributed by atoms with E-state index >= 15 is 0 Å². The van der Waals surface area contributed by atoms with E-state index in [1.54, 1.807) is 0 Å². The maximum absolute atomic E-state index is 3.83. The minimum absolute atomic E-state index is 0.145. The van der Waals surface area contributed by atoms with Gasteiger partial charge in [0.25, 0.3) is 0 Å². The van der Waals surface area contributed by atoms with Crippen molar-refractivity contribution >= 4 is 36.9 Å². The molecule has 0 radical (unpaired) electrons. The first-order chi connectivity index (χ1) is 20.5. The number of hydrogen-bond acceptors (Lipinski definition) is 1. The molecule has 0 saturated carbocycles. The second kappa shape index (κ2) is 10.6. The smallest absolute Gasteiger partial charge is 0.180 e. The van der Waals surface area contributed by atoms with E-state index in [1.807, 2.05) is 0 Å². The number of fused-ring (bicyclic) bond motifs is 3. The summed E-state index contributed by atoms with van der Waals surface area (Å²) >= 11 is 0. The number of rotatable bonds is 5. The molecule has 0 fully saturated rings. The normalized spacial score (nSPS) is 20.7. The molecule has 4 aromatic rings. The standard InChI is InChI=1S/C39H37NSi2/c1-29-26-36-34-22-14-15-23-38(34)42(32-20-12-7-13-21-32,31-18-8-4-5-9-19-31)39(36)27-35(29)37-25-24-33(28-40-37)41(2,3)30-16-10-6-11-17-30/h4-8,10-28,37,40H,9H2,1-3H3. The predicted molar refractivity (Wildman–Crippen MR) is 185 cm³/mol. The number of hydrogen-bond donors (Lipinski definition) is 1. The molecule has 2 aliphatic heterocycles. The Balaban J connectivity index is 1.37. The second-order valence-corrected chi connectivity index (χ2v) is 20.3. The quantitative estimate of drug-likeness (QED) is 0.262. The average Bonchev–Trinajstić information content (AvgIpc) is 3.16. The van der Waals surface area contributed by atoms with Crippen LogP contribution in [-0.4, -0.2) is 16.1 Å². The van der Waals surface area contributed by atoms with Crippen molar-refractivity contribution in [1.82, 2.24) is 5.32 Å². The van der Waals surface area contributed by atoms with Crippen LogP contribution >= 0.6 is 0 Å². The zero-order valence-electron chi connectivity index (χ0n) is 24.6. The number of allylic oxidation sites excluding steroid dienone is 8. The van der Waals surface area contributed by atoms with Crippen LogP contribution in [-0.2, 0) is 0 Å². The Morgan fingerprint density at radius 3 is 2.26 bits per heavy atom. The third-order valence-corrected chi connectivity index (χ3v) is 17.9. The molecule has 1 nitrogen and oxygen atoms in total. The van der Waals surface area contributed by atoms with Gasteiger partial charge in [0.2, 0.25) is 0 Å². The lowest BCUT2D eigenvalue weighted by Gasteiger charge is -2.33. The molecule has 2 atom stereocenters. The summed E-state index contributed by atoms with van der Waals surface area (Å²) in [5.74, 6) is 0. The molecule has 2 unspecified atom stereocenters. The molecule has 0 saturated heterocycles. The fourth-order valence-corrected chi connectivity index (χ4v) is 14.8. The molecule has 1 aliphatic carbocycles. The number of dihydropyridines is 1. The molecule has 3 aliphatic rings. The van der Waals surface area contributed by atoms with E-state index in [1.165, 1.54) is 53.4 Å². The lowest BCUT2D eigenvalue weighted by Crippen LogP contribution is -2.66. The van der Waals surface area contributed by atoms with Crippen molar-refractivity contribution in [1.29, 1.82) is 0 Å². The Kier molecular flexibility index (Phi) is 6.72. The highest BCUT2D eigenvalue weighted by molar-refractivity contribution is 7.19.